The van der Waals surface area contributed by atoms with Gasteiger partial charge < -0.3 is 9.84 Å². The van der Waals surface area contributed by atoms with Crippen molar-refractivity contribution in [3.05, 3.63) is 70.8 Å². The number of nitrogens with zero attached hydrogens (tertiary/aromatic N) is 1. The Morgan fingerprint density at radius 2 is 1.56 bits per heavy atom. The first-order valence-electron chi connectivity index (χ1n) is 11.5. The molecule has 0 bridgehead atoms. The number of hydroxylamine groups is 1. The number of rotatable bonds is 8. The monoisotopic (exact) mass is 468 g/mol. The smallest absolute Gasteiger partial charge is 0.252 e. The van der Waals surface area contributed by atoms with Crippen LogP contribution in [0.3, 0.4) is 0 Å². The molecule has 2 aromatic carbocycles. The van der Waals surface area contributed by atoms with Gasteiger partial charge in [-0.2, -0.15) is 0 Å². The van der Waals surface area contributed by atoms with Gasteiger partial charge in [0.05, 0.1) is 18.6 Å². The van der Waals surface area contributed by atoms with Crippen molar-refractivity contribution in [1.82, 2.24) is 10.4 Å². The van der Waals surface area contributed by atoms with Crippen molar-refractivity contribution >= 4 is 5.91 Å². The molecule has 1 saturated heterocycles. The average Bonchev–Trinajstić information content (AvgIpc) is 2.87. The number of carbonyl (C=O) groups is 1. The van der Waals surface area contributed by atoms with Gasteiger partial charge in [-0.15, -0.1) is 0 Å². The Morgan fingerprint density at radius 3 is 2.06 bits per heavy atom. The van der Waals surface area contributed by atoms with Gasteiger partial charge in [0.2, 0.25) is 0 Å². The molecular formula is C27H33FN2O4. The summed E-state index contributed by atoms with van der Waals surface area (Å²) < 4.78 is 18.8. The maximum Gasteiger partial charge on any atom is 0.252 e. The highest BCUT2D eigenvalue weighted by molar-refractivity contribution is 5.82. The molecule has 34 heavy (non-hydrogen) atoms. The van der Waals surface area contributed by atoms with Crippen LogP contribution in [0.2, 0.25) is 0 Å². The standard InChI is InChI=1S/C27H33FN2O4/c1-26(25(31)29-33,27(2,32)20-28)14-13-23-7-5-21(6-8-23)3-4-22-9-11-24(12-10-22)19-30-15-17-34-18-16-30/h5-12,32-33H,13-20H2,1-2H3,(H,29,31)/t26?,27-/m1/s1. The molecule has 1 heterocycles. The van der Waals surface area contributed by atoms with Crippen LogP contribution in [-0.4, -0.2) is 59.7 Å². The van der Waals surface area contributed by atoms with E-state index in [1.54, 1.807) is 5.48 Å². The summed E-state index contributed by atoms with van der Waals surface area (Å²) in [5.41, 5.74) is 2.14. The molecule has 6 nitrogen and oxygen atoms in total. The first-order valence-corrected chi connectivity index (χ1v) is 11.5. The molecule has 2 aromatic rings. The summed E-state index contributed by atoms with van der Waals surface area (Å²) in [4.78, 5) is 14.5. The van der Waals surface area contributed by atoms with Crippen molar-refractivity contribution in [2.45, 2.75) is 38.8 Å². The van der Waals surface area contributed by atoms with Gasteiger partial charge in [0, 0.05) is 30.8 Å². The van der Waals surface area contributed by atoms with Gasteiger partial charge in [0.1, 0.15) is 12.3 Å². The number of halogens is 1. The minimum atomic E-state index is -1.90. The predicted octanol–water partition coefficient (Wildman–Crippen LogP) is 3.08. The van der Waals surface area contributed by atoms with Crippen LogP contribution >= 0.6 is 0 Å². The number of aliphatic hydroxyl groups is 1. The van der Waals surface area contributed by atoms with Crippen molar-refractivity contribution in [3.8, 4) is 11.8 Å². The number of nitrogens with one attached hydrogen (secondary N) is 1. The molecule has 0 spiro atoms. The summed E-state index contributed by atoms with van der Waals surface area (Å²) in [6, 6.07) is 15.9. The zero-order chi connectivity index (χ0) is 24.6. The second-order valence-electron chi connectivity index (χ2n) is 9.21. The number of morpholine rings is 1. The van der Waals surface area contributed by atoms with Crippen molar-refractivity contribution in [3.63, 3.8) is 0 Å². The van der Waals surface area contributed by atoms with Gasteiger partial charge in [-0.25, -0.2) is 9.87 Å². The average molecular weight is 469 g/mol. The summed E-state index contributed by atoms with van der Waals surface area (Å²) in [5.74, 6) is 5.53. The van der Waals surface area contributed by atoms with Crippen LogP contribution < -0.4 is 5.48 Å². The van der Waals surface area contributed by atoms with Crippen molar-refractivity contribution in [2.75, 3.05) is 33.0 Å². The molecular weight excluding hydrogens is 435 g/mol. The maximum absolute atomic E-state index is 13.4. The molecule has 7 heteroatoms. The van der Waals surface area contributed by atoms with Gasteiger partial charge in [0.15, 0.2) is 0 Å². The quantitative estimate of drug-likeness (QED) is 0.315. The number of ether oxygens (including phenoxy) is 1. The van der Waals surface area contributed by atoms with E-state index in [9.17, 15) is 14.3 Å². The van der Waals surface area contributed by atoms with E-state index in [-0.39, 0.29) is 6.42 Å². The number of benzene rings is 2. The van der Waals surface area contributed by atoms with Gasteiger partial charge in [-0.3, -0.25) is 14.9 Å². The van der Waals surface area contributed by atoms with E-state index in [2.05, 4.69) is 28.9 Å². The van der Waals surface area contributed by atoms with Crippen LogP contribution in [0, 0.1) is 17.3 Å². The molecule has 1 fully saturated rings. The number of amides is 1. The Balaban J connectivity index is 1.59. The number of aryl methyl sites for hydroxylation is 1. The zero-order valence-electron chi connectivity index (χ0n) is 19.8. The topological polar surface area (TPSA) is 82.0 Å². The molecule has 3 N–H and O–H groups in total. The molecule has 0 aliphatic carbocycles. The molecule has 0 saturated carbocycles. The van der Waals surface area contributed by atoms with Crippen LogP contribution in [0.25, 0.3) is 0 Å². The molecule has 0 radical (unpaired) electrons. The second-order valence-corrected chi connectivity index (χ2v) is 9.21. The Morgan fingerprint density at radius 1 is 1.03 bits per heavy atom. The van der Waals surface area contributed by atoms with Gasteiger partial charge >= 0.3 is 0 Å². The molecule has 0 aromatic heterocycles. The number of hydrogen-bond acceptors (Lipinski definition) is 5. The van der Waals surface area contributed by atoms with Crippen molar-refractivity contribution < 1.29 is 24.2 Å². The van der Waals surface area contributed by atoms with Crippen LogP contribution in [-0.2, 0) is 22.5 Å². The summed E-state index contributed by atoms with van der Waals surface area (Å²) in [5, 5.41) is 19.4. The summed E-state index contributed by atoms with van der Waals surface area (Å²) in [6.07, 6.45) is 0.594. The molecule has 1 aliphatic rings. The highest BCUT2D eigenvalue weighted by Crippen LogP contribution is 2.36. The first kappa shape index (κ1) is 25.9. The molecule has 182 valence electrons. The van der Waals surface area contributed by atoms with Gasteiger partial charge in [-0.05, 0) is 62.1 Å². The lowest BCUT2D eigenvalue weighted by Gasteiger charge is -2.39. The van der Waals surface area contributed by atoms with E-state index in [0.717, 1.165) is 49.5 Å². The number of hydrogen-bond donors (Lipinski definition) is 3. The maximum atomic E-state index is 13.4. The lowest BCUT2D eigenvalue weighted by atomic mass is 9.70. The van der Waals surface area contributed by atoms with Crippen LogP contribution in [0.15, 0.2) is 48.5 Å². The first-order chi connectivity index (χ1) is 16.3. The fourth-order valence-electron chi connectivity index (χ4n) is 3.90. The van der Waals surface area contributed by atoms with E-state index in [0.29, 0.717) is 6.42 Å². The van der Waals surface area contributed by atoms with Gasteiger partial charge in [-0.1, -0.05) is 36.1 Å². The SMILES string of the molecule is CC(CCc1ccc(C#Cc2ccc(CN3CCOCC3)cc2)cc1)(C(=O)NO)[C@](C)(O)CF. The highest BCUT2D eigenvalue weighted by atomic mass is 19.1. The fourth-order valence-corrected chi connectivity index (χ4v) is 3.90. The third-order valence-corrected chi connectivity index (χ3v) is 6.73. The Labute approximate surface area is 200 Å². The Bertz CT molecular complexity index is 1010. The highest BCUT2D eigenvalue weighted by Gasteiger charge is 2.49. The summed E-state index contributed by atoms with van der Waals surface area (Å²) in [6.45, 7) is 6.02. The van der Waals surface area contributed by atoms with E-state index in [1.807, 2.05) is 36.4 Å². The van der Waals surface area contributed by atoms with E-state index < -0.39 is 23.6 Å². The van der Waals surface area contributed by atoms with Crippen LogP contribution in [0.5, 0.6) is 0 Å². The summed E-state index contributed by atoms with van der Waals surface area (Å²) >= 11 is 0. The van der Waals surface area contributed by atoms with E-state index in [4.69, 9.17) is 9.94 Å². The lowest BCUT2D eigenvalue weighted by Crippen LogP contribution is -2.54. The van der Waals surface area contributed by atoms with Crippen molar-refractivity contribution in [2.24, 2.45) is 5.41 Å². The van der Waals surface area contributed by atoms with Crippen molar-refractivity contribution in [1.29, 1.82) is 0 Å². The Hall–Kier alpha value is -2.76. The number of carbonyl (C=O) groups excluding carboxylic acids is 1. The minimum Gasteiger partial charge on any atom is -0.386 e. The van der Waals surface area contributed by atoms with E-state index >= 15 is 0 Å². The normalized spacial score (nSPS) is 17.7. The largest absolute Gasteiger partial charge is 0.386 e. The zero-order valence-corrected chi connectivity index (χ0v) is 19.8. The third kappa shape index (κ3) is 6.43. The van der Waals surface area contributed by atoms with E-state index in [1.165, 1.54) is 19.4 Å². The number of alkyl halides is 1. The lowest BCUT2D eigenvalue weighted by molar-refractivity contribution is -0.158. The predicted molar refractivity (Wildman–Crippen MR) is 128 cm³/mol. The minimum absolute atomic E-state index is 0.165. The van der Waals surface area contributed by atoms with Gasteiger partial charge in [0.25, 0.3) is 5.91 Å². The second kappa shape index (κ2) is 11.6. The molecule has 3 rings (SSSR count). The fraction of sp³-hybridized carbons (Fsp3) is 0.444. The Kier molecular flexibility index (Phi) is 8.81. The van der Waals surface area contributed by atoms with Crippen LogP contribution in [0.1, 0.15) is 42.5 Å². The molecule has 2 atom stereocenters. The molecule has 1 unspecified atom stereocenters. The van der Waals surface area contributed by atoms with Crippen LogP contribution in [0.4, 0.5) is 4.39 Å². The third-order valence-electron chi connectivity index (χ3n) is 6.73. The molecule has 1 aliphatic heterocycles. The molecule has 1 amide bonds. The summed E-state index contributed by atoms with van der Waals surface area (Å²) in [7, 11) is 0.